The quantitative estimate of drug-likeness (QED) is 0.148. The molecule has 0 saturated carbocycles. The van der Waals surface area contributed by atoms with E-state index in [0.717, 1.165) is 12.8 Å². The van der Waals surface area contributed by atoms with Gasteiger partial charge in [0, 0.05) is 0 Å². The average molecular weight is 591 g/mol. The van der Waals surface area contributed by atoms with Crippen LogP contribution in [0.15, 0.2) is 91.0 Å². The number of urea groups is 1. The summed E-state index contributed by atoms with van der Waals surface area (Å²) in [7, 11) is -1.69. The molecule has 0 atom stereocenters. The summed E-state index contributed by atoms with van der Waals surface area (Å²) in [4.78, 5) is 24.3. The third-order valence-corrected chi connectivity index (χ3v) is 11.0. The molecule has 6 nitrogen and oxygen atoms in total. The van der Waals surface area contributed by atoms with Crippen molar-refractivity contribution in [3.05, 3.63) is 91.0 Å². The van der Waals surface area contributed by atoms with Gasteiger partial charge in [-0.1, -0.05) is 86.7 Å². The standard InChI is InChI=1S/C29H37N2O2P.C2HF3O2/c30-29(32)31-33-24-16-5-3-1-2-4-6-17-25-34(26-18-10-7-11-19-26,27-20-12-8-13-21-27)28-22-14-9-15-23-28;3-2(4,5)1(6)7/h7-15,18-23H,1-6,16-17,24-25H2,(H2-,30,31,32);(H,6,7). The van der Waals surface area contributed by atoms with Crippen molar-refractivity contribution in [2.45, 2.75) is 57.5 Å². The molecule has 3 rings (SSSR count). The maximum atomic E-state index is 10.6. The molecule has 0 fully saturated rings. The number of amides is 2. The first-order valence-corrected chi connectivity index (χ1v) is 15.7. The Bertz CT molecular complexity index is 1050. The summed E-state index contributed by atoms with van der Waals surface area (Å²) in [6.07, 6.45) is 5.57. The van der Waals surface area contributed by atoms with E-state index in [-0.39, 0.29) is 0 Å². The van der Waals surface area contributed by atoms with E-state index in [0.29, 0.717) is 6.61 Å². The van der Waals surface area contributed by atoms with E-state index in [4.69, 9.17) is 20.5 Å². The molecule has 0 aliphatic carbocycles. The minimum absolute atomic E-state index is 0.521. The van der Waals surface area contributed by atoms with Crippen LogP contribution in [0.3, 0.4) is 0 Å². The number of carboxylic acid groups (broad SMARTS) is 1. The van der Waals surface area contributed by atoms with Crippen LogP contribution in [0.2, 0.25) is 0 Å². The van der Waals surface area contributed by atoms with Crippen molar-refractivity contribution in [2.75, 3.05) is 12.8 Å². The predicted molar refractivity (Wildman–Crippen MR) is 157 cm³/mol. The van der Waals surface area contributed by atoms with Crippen LogP contribution in [0.4, 0.5) is 18.0 Å². The average Bonchev–Trinajstić information content (AvgIpc) is 2.97. The third kappa shape index (κ3) is 11.9. The molecule has 2 amide bonds. The van der Waals surface area contributed by atoms with Crippen molar-refractivity contribution >= 4 is 35.2 Å². The lowest BCUT2D eigenvalue weighted by Gasteiger charge is -2.27. The number of unbranched alkanes of at least 4 members (excludes halogenated alkanes) is 7. The Morgan fingerprint density at radius 1 is 0.683 bits per heavy atom. The number of nitrogens with one attached hydrogen (secondary N) is 1. The van der Waals surface area contributed by atoms with Gasteiger partial charge in [-0.25, -0.2) is 10.3 Å². The van der Waals surface area contributed by atoms with Crippen LogP contribution in [-0.2, 0) is 9.63 Å². The molecular formula is C31H38F3N2O4P. The fraction of sp³-hybridized carbons (Fsp3) is 0.355. The Balaban J connectivity index is 0.000000745. The molecule has 222 valence electrons. The molecule has 0 aliphatic rings. The highest BCUT2D eigenvalue weighted by Crippen LogP contribution is 2.56. The van der Waals surface area contributed by atoms with Crippen LogP contribution in [0.1, 0.15) is 51.4 Å². The lowest BCUT2D eigenvalue weighted by molar-refractivity contribution is -0.344. The lowest BCUT2D eigenvalue weighted by Crippen LogP contribution is -2.37. The Morgan fingerprint density at radius 3 is 1.37 bits per heavy atom. The highest BCUT2D eigenvalue weighted by molar-refractivity contribution is 7.95. The molecule has 0 heterocycles. The molecule has 0 aliphatic heterocycles. The maximum absolute atomic E-state index is 10.6. The van der Waals surface area contributed by atoms with Gasteiger partial charge in [-0.2, -0.15) is 13.2 Å². The monoisotopic (exact) mass is 590 g/mol. The molecule has 41 heavy (non-hydrogen) atoms. The minimum atomic E-state index is -5.19. The second-order valence-corrected chi connectivity index (χ2v) is 13.1. The fourth-order valence-electron chi connectivity index (χ4n) is 4.59. The molecule has 3 aromatic carbocycles. The van der Waals surface area contributed by atoms with E-state index in [2.05, 4.69) is 96.5 Å². The molecule has 0 unspecified atom stereocenters. The number of hydroxylamine groups is 1. The molecule has 0 bridgehead atoms. The zero-order valence-corrected chi connectivity index (χ0v) is 23.9. The van der Waals surface area contributed by atoms with Gasteiger partial charge in [0.25, 0.3) is 0 Å². The summed E-state index contributed by atoms with van der Waals surface area (Å²) >= 11 is 0. The number of rotatable bonds is 15. The highest BCUT2D eigenvalue weighted by atomic mass is 31.2. The van der Waals surface area contributed by atoms with E-state index in [9.17, 15) is 18.0 Å². The number of hydrogen-bond acceptors (Lipinski definition) is 4. The van der Waals surface area contributed by atoms with Gasteiger partial charge in [0.05, 0.1) is 12.8 Å². The molecule has 3 aromatic rings. The van der Waals surface area contributed by atoms with Gasteiger partial charge in [0.1, 0.15) is 29.1 Å². The summed E-state index contributed by atoms with van der Waals surface area (Å²) in [5.41, 5.74) is 7.13. The summed E-state index contributed by atoms with van der Waals surface area (Å²) in [5, 5.41) is 13.2. The fourth-order valence-corrected chi connectivity index (χ4v) is 9.00. The number of carbonyl (C=O) groups is 2. The third-order valence-electron chi connectivity index (χ3n) is 6.49. The van der Waals surface area contributed by atoms with Crippen molar-refractivity contribution in [1.82, 2.24) is 5.48 Å². The zero-order valence-electron chi connectivity index (χ0n) is 23.0. The van der Waals surface area contributed by atoms with Crippen molar-refractivity contribution in [3.8, 4) is 0 Å². The maximum Gasteiger partial charge on any atom is 0.430 e. The second-order valence-electron chi connectivity index (χ2n) is 9.47. The first-order chi connectivity index (χ1) is 19.7. The Labute approximate surface area is 240 Å². The van der Waals surface area contributed by atoms with Crippen LogP contribution >= 0.6 is 7.26 Å². The molecule has 0 spiro atoms. The topological polar surface area (TPSA) is 104 Å². The number of aliphatic carboxylic acids is 1. The van der Waals surface area contributed by atoms with Crippen LogP contribution in [0, 0.1) is 0 Å². The summed E-state index contributed by atoms with van der Waals surface area (Å²) < 4.78 is 31.5. The number of carboxylic acids is 1. The Morgan fingerprint density at radius 2 is 1.02 bits per heavy atom. The number of primary amides is 1. The number of alkyl halides is 3. The number of carbonyl (C=O) groups excluding carboxylic acids is 2. The summed E-state index contributed by atoms with van der Waals surface area (Å²) in [6, 6.07) is 32.8. The van der Waals surface area contributed by atoms with E-state index in [1.54, 1.807) is 0 Å². The first kappa shape index (κ1) is 33.8. The normalized spacial score (nSPS) is 11.3. The first-order valence-electron chi connectivity index (χ1n) is 13.7. The van der Waals surface area contributed by atoms with Crippen molar-refractivity contribution in [3.63, 3.8) is 0 Å². The Hall–Kier alpha value is -3.42. The van der Waals surface area contributed by atoms with Crippen LogP contribution in [0.5, 0.6) is 0 Å². The van der Waals surface area contributed by atoms with Gasteiger partial charge in [-0.05, 0) is 55.7 Å². The number of nitrogens with two attached hydrogens (primary N) is 1. The lowest BCUT2D eigenvalue weighted by atomic mass is 10.1. The largest absolute Gasteiger partial charge is 0.542 e. The molecule has 3 N–H and O–H groups in total. The van der Waals surface area contributed by atoms with Crippen molar-refractivity contribution in [1.29, 1.82) is 0 Å². The molecule has 0 saturated heterocycles. The van der Waals surface area contributed by atoms with Gasteiger partial charge in [0.2, 0.25) is 0 Å². The van der Waals surface area contributed by atoms with Crippen LogP contribution in [0.25, 0.3) is 0 Å². The molecule has 10 heteroatoms. The summed E-state index contributed by atoms with van der Waals surface area (Å²) in [5.74, 6) is -3.01. The van der Waals surface area contributed by atoms with Crippen LogP contribution < -0.4 is 32.2 Å². The SMILES string of the molecule is NC(=O)NOCCCCCCCCCC[P+](c1ccccc1)(c1ccccc1)c1ccccc1.O=C([O-])C(F)(F)F. The van der Waals surface area contributed by atoms with E-state index in [1.165, 1.54) is 60.6 Å². The smallest absolute Gasteiger partial charge is 0.430 e. The van der Waals surface area contributed by atoms with Gasteiger partial charge in [0.15, 0.2) is 0 Å². The van der Waals surface area contributed by atoms with Crippen molar-refractivity contribution in [2.24, 2.45) is 5.73 Å². The second kappa shape index (κ2) is 18.1. The molecule has 0 radical (unpaired) electrons. The zero-order chi connectivity index (χ0) is 30.0. The Kier molecular flexibility index (Phi) is 14.9. The molecular weight excluding hydrogens is 552 g/mol. The summed E-state index contributed by atoms with van der Waals surface area (Å²) in [6.45, 7) is 0.521. The number of hydrogen-bond donors (Lipinski definition) is 2. The van der Waals surface area contributed by atoms with E-state index < -0.39 is 25.4 Å². The minimum Gasteiger partial charge on any atom is -0.542 e. The van der Waals surface area contributed by atoms with E-state index in [1.807, 2.05) is 0 Å². The highest BCUT2D eigenvalue weighted by Gasteiger charge is 2.44. The number of halogens is 3. The van der Waals surface area contributed by atoms with Crippen LogP contribution in [-0.4, -0.2) is 30.9 Å². The van der Waals surface area contributed by atoms with Gasteiger partial charge in [-0.15, -0.1) is 0 Å². The molecule has 0 aromatic heterocycles. The number of benzene rings is 3. The van der Waals surface area contributed by atoms with Gasteiger partial charge in [-0.3, -0.25) is 4.84 Å². The van der Waals surface area contributed by atoms with Crippen molar-refractivity contribution < 1.29 is 32.7 Å². The predicted octanol–water partition coefficient (Wildman–Crippen LogP) is 5.00. The van der Waals surface area contributed by atoms with Gasteiger partial charge >= 0.3 is 12.2 Å². The van der Waals surface area contributed by atoms with E-state index >= 15 is 0 Å². The van der Waals surface area contributed by atoms with Gasteiger partial charge < -0.3 is 15.6 Å².